The van der Waals surface area contributed by atoms with Gasteiger partial charge in [0.1, 0.15) is 23.4 Å². The first-order valence-corrected chi connectivity index (χ1v) is 7.91. The van der Waals surface area contributed by atoms with E-state index in [0.717, 1.165) is 4.88 Å². The van der Waals surface area contributed by atoms with Gasteiger partial charge in [0.2, 0.25) is 5.91 Å². The number of nitrogens with one attached hydrogen (secondary N) is 1. The Morgan fingerprint density at radius 2 is 2.22 bits per heavy atom. The van der Waals surface area contributed by atoms with E-state index in [1.54, 1.807) is 35.6 Å². The zero-order chi connectivity index (χ0) is 16.1. The molecule has 0 fully saturated rings. The largest absolute Gasteiger partial charge is 0.465 e. The predicted molar refractivity (Wildman–Crippen MR) is 87.7 cm³/mol. The quantitative estimate of drug-likeness (QED) is 0.679. The van der Waals surface area contributed by atoms with Crippen LogP contribution in [0, 0.1) is 0 Å². The average Bonchev–Trinajstić information content (AvgIpc) is 3.31. The Morgan fingerprint density at radius 3 is 2.96 bits per heavy atom. The summed E-state index contributed by atoms with van der Waals surface area (Å²) in [5.41, 5.74) is 0. The zero-order valence-electron chi connectivity index (χ0n) is 12.1. The fraction of sp³-hybridized carbons (Fsp3) is 0.118. The first kappa shape index (κ1) is 15.3. The standard InChI is InChI=1S/C17H15NO4S/c19-13(11-18-17(20)8-5-12-3-1-9-21-12)14-6-7-15(22-14)16-4-2-10-23-16/h1-10,13,19H,11H2,(H,18,20). The van der Waals surface area contributed by atoms with Crippen LogP contribution in [0.4, 0.5) is 0 Å². The molecule has 3 rings (SSSR count). The van der Waals surface area contributed by atoms with E-state index in [9.17, 15) is 9.90 Å². The van der Waals surface area contributed by atoms with E-state index in [2.05, 4.69) is 5.32 Å². The van der Waals surface area contributed by atoms with Crippen LogP contribution in [0.1, 0.15) is 17.6 Å². The second-order valence-electron chi connectivity index (χ2n) is 4.79. The third-order valence-electron chi connectivity index (χ3n) is 3.13. The van der Waals surface area contributed by atoms with Crippen LogP contribution in [-0.2, 0) is 4.79 Å². The van der Waals surface area contributed by atoms with Gasteiger partial charge in [-0.3, -0.25) is 4.79 Å². The average molecular weight is 329 g/mol. The lowest BCUT2D eigenvalue weighted by molar-refractivity contribution is -0.116. The van der Waals surface area contributed by atoms with E-state index in [-0.39, 0.29) is 12.5 Å². The number of hydrogen-bond donors (Lipinski definition) is 2. The first-order valence-electron chi connectivity index (χ1n) is 7.03. The molecular weight excluding hydrogens is 314 g/mol. The van der Waals surface area contributed by atoms with E-state index in [4.69, 9.17) is 8.83 Å². The molecule has 3 aromatic rings. The summed E-state index contributed by atoms with van der Waals surface area (Å²) >= 11 is 1.56. The van der Waals surface area contributed by atoms with Crippen molar-refractivity contribution in [3.8, 4) is 10.6 Å². The fourth-order valence-corrected chi connectivity index (χ4v) is 2.67. The lowest BCUT2D eigenvalue weighted by Gasteiger charge is -2.08. The summed E-state index contributed by atoms with van der Waals surface area (Å²) in [5.74, 6) is 1.40. The van der Waals surface area contributed by atoms with Gasteiger partial charge in [-0.25, -0.2) is 0 Å². The number of aliphatic hydroxyl groups excluding tert-OH is 1. The van der Waals surface area contributed by atoms with Gasteiger partial charge in [0, 0.05) is 6.08 Å². The van der Waals surface area contributed by atoms with Gasteiger partial charge >= 0.3 is 0 Å². The smallest absolute Gasteiger partial charge is 0.244 e. The number of carbonyl (C=O) groups excluding carboxylic acids is 1. The van der Waals surface area contributed by atoms with E-state index in [1.165, 1.54) is 12.3 Å². The van der Waals surface area contributed by atoms with Crippen molar-refractivity contribution in [1.82, 2.24) is 5.32 Å². The Labute approximate surface area is 136 Å². The highest BCUT2D eigenvalue weighted by Gasteiger charge is 2.14. The molecule has 0 bridgehead atoms. The molecule has 1 amide bonds. The molecule has 1 unspecified atom stereocenters. The van der Waals surface area contributed by atoms with Crippen LogP contribution in [0.5, 0.6) is 0 Å². The minimum Gasteiger partial charge on any atom is -0.465 e. The van der Waals surface area contributed by atoms with Crippen LogP contribution in [0.15, 0.2) is 63.0 Å². The number of thiophene rings is 1. The maximum Gasteiger partial charge on any atom is 0.244 e. The Morgan fingerprint density at radius 1 is 1.30 bits per heavy atom. The van der Waals surface area contributed by atoms with Gasteiger partial charge < -0.3 is 19.3 Å². The van der Waals surface area contributed by atoms with Crippen molar-refractivity contribution in [1.29, 1.82) is 0 Å². The van der Waals surface area contributed by atoms with Crippen molar-refractivity contribution in [2.45, 2.75) is 6.10 Å². The summed E-state index contributed by atoms with van der Waals surface area (Å²) < 4.78 is 10.7. The molecule has 0 saturated carbocycles. The molecule has 2 N–H and O–H groups in total. The van der Waals surface area contributed by atoms with Crippen molar-refractivity contribution < 1.29 is 18.7 Å². The molecule has 0 saturated heterocycles. The van der Waals surface area contributed by atoms with Crippen molar-refractivity contribution in [2.75, 3.05) is 6.54 Å². The van der Waals surface area contributed by atoms with Gasteiger partial charge in [0.15, 0.2) is 0 Å². The van der Waals surface area contributed by atoms with E-state index in [1.807, 2.05) is 23.6 Å². The number of rotatable bonds is 6. The van der Waals surface area contributed by atoms with Crippen molar-refractivity contribution in [3.05, 3.63) is 65.6 Å². The molecule has 0 spiro atoms. The van der Waals surface area contributed by atoms with Crippen LogP contribution < -0.4 is 5.32 Å². The van der Waals surface area contributed by atoms with Gasteiger partial charge in [0.25, 0.3) is 0 Å². The summed E-state index contributed by atoms with van der Waals surface area (Å²) in [4.78, 5) is 12.7. The van der Waals surface area contributed by atoms with Crippen molar-refractivity contribution >= 4 is 23.3 Å². The first-order chi connectivity index (χ1) is 11.2. The molecule has 0 aliphatic rings. The lowest BCUT2D eigenvalue weighted by Crippen LogP contribution is -2.26. The highest BCUT2D eigenvalue weighted by Crippen LogP contribution is 2.28. The molecule has 0 radical (unpaired) electrons. The molecule has 6 heteroatoms. The summed E-state index contributed by atoms with van der Waals surface area (Å²) in [6.45, 7) is 0.0682. The molecule has 5 nitrogen and oxygen atoms in total. The monoisotopic (exact) mass is 329 g/mol. The molecule has 0 aliphatic heterocycles. The predicted octanol–water partition coefficient (Wildman–Crippen LogP) is 3.46. The SMILES string of the molecule is O=C(C=Cc1ccco1)NCC(O)c1ccc(-c2cccs2)o1. The topological polar surface area (TPSA) is 75.6 Å². The molecule has 3 aromatic heterocycles. The number of aliphatic hydroxyl groups is 1. The van der Waals surface area contributed by atoms with Gasteiger partial charge in [0.05, 0.1) is 17.7 Å². The maximum atomic E-state index is 11.7. The number of carbonyl (C=O) groups is 1. The Bertz CT molecular complexity index is 772. The Balaban J connectivity index is 1.53. The molecule has 118 valence electrons. The highest BCUT2D eigenvalue weighted by atomic mass is 32.1. The molecular formula is C17H15NO4S. The normalized spacial score (nSPS) is 12.6. The third kappa shape index (κ3) is 4.00. The maximum absolute atomic E-state index is 11.7. The minimum absolute atomic E-state index is 0.0682. The second kappa shape index (κ2) is 7.13. The zero-order valence-corrected chi connectivity index (χ0v) is 13.0. The summed E-state index contributed by atoms with van der Waals surface area (Å²) in [6, 6.07) is 10.9. The summed E-state index contributed by atoms with van der Waals surface area (Å²) in [5, 5.41) is 14.7. The van der Waals surface area contributed by atoms with Crippen LogP contribution in [0.3, 0.4) is 0 Å². The lowest BCUT2D eigenvalue weighted by atomic mass is 10.2. The molecule has 3 heterocycles. The molecule has 23 heavy (non-hydrogen) atoms. The number of furan rings is 2. The van der Waals surface area contributed by atoms with E-state index >= 15 is 0 Å². The highest BCUT2D eigenvalue weighted by molar-refractivity contribution is 7.13. The Hall–Kier alpha value is -2.57. The molecule has 1 atom stereocenters. The Kier molecular flexibility index (Phi) is 4.75. The van der Waals surface area contributed by atoms with Gasteiger partial charge in [-0.2, -0.15) is 0 Å². The second-order valence-corrected chi connectivity index (χ2v) is 5.74. The van der Waals surface area contributed by atoms with Crippen LogP contribution >= 0.6 is 11.3 Å². The minimum atomic E-state index is -0.898. The number of amides is 1. The third-order valence-corrected chi connectivity index (χ3v) is 4.02. The number of hydrogen-bond acceptors (Lipinski definition) is 5. The van der Waals surface area contributed by atoms with Crippen molar-refractivity contribution in [2.24, 2.45) is 0 Å². The summed E-state index contributed by atoms with van der Waals surface area (Å²) in [6.07, 6.45) is 3.54. The van der Waals surface area contributed by atoms with Gasteiger partial charge in [-0.05, 0) is 41.8 Å². The fourth-order valence-electron chi connectivity index (χ4n) is 1.98. The van der Waals surface area contributed by atoms with Crippen LogP contribution in [0.25, 0.3) is 16.7 Å². The van der Waals surface area contributed by atoms with Crippen LogP contribution in [0.2, 0.25) is 0 Å². The van der Waals surface area contributed by atoms with E-state index in [0.29, 0.717) is 17.3 Å². The van der Waals surface area contributed by atoms with E-state index < -0.39 is 6.10 Å². The van der Waals surface area contributed by atoms with Crippen molar-refractivity contribution in [3.63, 3.8) is 0 Å². The molecule has 0 aromatic carbocycles. The molecule has 0 aliphatic carbocycles. The summed E-state index contributed by atoms with van der Waals surface area (Å²) in [7, 11) is 0. The van der Waals surface area contributed by atoms with Crippen LogP contribution in [-0.4, -0.2) is 17.6 Å². The van der Waals surface area contributed by atoms with Gasteiger partial charge in [-0.1, -0.05) is 6.07 Å². The van der Waals surface area contributed by atoms with Gasteiger partial charge in [-0.15, -0.1) is 11.3 Å².